The molecule has 2 amide bonds. The van der Waals surface area contributed by atoms with Gasteiger partial charge in [0.25, 0.3) is 0 Å². The first-order chi connectivity index (χ1) is 37.2. The van der Waals surface area contributed by atoms with Gasteiger partial charge in [0.1, 0.15) is 0 Å². The van der Waals surface area contributed by atoms with Gasteiger partial charge in [-0.25, -0.2) is 0 Å². The van der Waals surface area contributed by atoms with Gasteiger partial charge in [-0.15, -0.1) is 0 Å². The second kappa shape index (κ2) is 23.3. The van der Waals surface area contributed by atoms with Crippen LogP contribution in [0.5, 0.6) is 0 Å². The quantitative estimate of drug-likeness (QED) is 0.0811. The third-order valence-electron chi connectivity index (χ3n) is 14.3. The summed E-state index contributed by atoms with van der Waals surface area (Å²) in [6.45, 7) is 0.709. The zero-order valence-corrected chi connectivity index (χ0v) is 42.5. The van der Waals surface area contributed by atoms with Gasteiger partial charge in [-0.05, 0) is 120 Å². The summed E-state index contributed by atoms with van der Waals surface area (Å²) in [5.41, 5.74) is -13.9. The van der Waals surface area contributed by atoms with E-state index in [-0.39, 0.29) is 101 Å². The molecular formula is C56H50F12N4O6S. The molecule has 0 bridgehead atoms. The van der Waals surface area contributed by atoms with Crippen molar-refractivity contribution < 1.29 is 82.1 Å². The number of aliphatic carboxylic acids is 2. The van der Waals surface area contributed by atoms with Gasteiger partial charge in [-0.2, -0.15) is 52.7 Å². The van der Waals surface area contributed by atoms with Crippen molar-refractivity contribution in [3.63, 3.8) is 0 Å². The van der Waals surface area contributed by atoms with E-state index < -0.39 is 126 Å². The monoisotopic (exact) mass is 1130 g/mol. The second-order valence-corrected chi connectivity index (χ2v) is 20.4. The zero-order valence-electron chi connectivity index (χ0n) is 41.7. The molecule has 0 radical (unpaired) electrons. The van der Waals surface area contributed by atoms with Gasteiger partial charge < -0.3 is 29.8 Å². The number of nitrogens with zero attached hydrogens (tertiary/aromatic N) is 4. The number of halogens is 12. The molecule has 4 aliphatic rings. The number of carboxylic acid groups (broad SMARTS) is 2. The van der Waals surface area contributed by atoms with Crippen molar-refractivity contribution in [2.45, 2.75) is 73.0 Å². The number of carboxylic acids is 2. The van der Waals surface area contributed by atoms with Gasteiger partial charge in [0.2, 0.25) is 11.8 Å². The number of alkyl halides is 12. The zero-order chi connectivity index (χ0) is 57.2. The van der Waals surface area contributed by atoms with Gasteiger partial charge >= 0.3 is 36.6 Å². The van der Waals surface area contributed by atoms with Crippen molar-refractivity contribution in [2.24, 2.45) is 11.8 Å². The van der Waals surface area contributed by atoms with E-state index in [1.165, 1.54) is 58.3 Å². The molecule has 0 saturated carbocycles. The first-order valence-electron chi connectivity index (χ1n) is 25.0. The van der Waals surface area contributed by atoms with Crippen LogP contribution in [-0.2, 0) is 43.9 Å². The fraction of sp³-hybridized carbons (Fsp3) is 0.357. The molecule has 2 saturated heterocycles. The lowest BCUT2D eigenvalue weighted by atomic mass is 9.89. The lowest BCUT2D eigenvalue weighted by Crippen LogP contribution is -2.36. The van der Waals surface area contributed by atoms with Crippen molar-refractivity contribution in [1.29, 1.82) is 0 Å². The molecule has 0 aliphatic carbocycles. The maximum atomic E-state index is 15.9. The van der Waals surface area contributed by atoms with E-state index in [1.807, 2.05) is 0 Å². The van der Waals surface area contributed by atoms with Crippen molar-refractivity contribution >= 4 is 59.0 Å². The Hall–Kier alpha value is -7.17. The third-order valence-corrected chi connectivity index (χ3v) is 15.4. The van der Waals surface area contributed by atoms with Gasteiger partial charge in [0.05, 0.1) is 34.1 Å². The minimum absolute atomic E-state index is 0.00624. The van der Waals surface area contributed by atoms with E-state index in [0.717, 1.165) is 0 Å². The lowest BCUT2D eigenvalue weighted by molar-refractivity contribution is -0.164. The minimum Gasteiger partial charge on any atom is -0.481 e. The van der Waals surface area contributed by atoms with Crippen LogP contribution in [0.25, 0.3) is 34.4 Å². The Kier molecular flexibility index (Phi) is 17.1. The highest BCUT2D eigenvalue weighted by molar-refractivity contribution is 7.99. The molecule has 10 nitrogen and oxygen atoms in total. The molecule has 2 N–H and O–H groups in total. The van der Waals surface area contributed by atoms with Gasteiger partial charge in [-0.1, -0.05) is 60.3 Å². The number of amides is 2. The predicted molar refractivity (Wildman–Crippen MR) is 272 cm³/mol. The molecule has 4 aromatic carbocycles. The van der Waals surface area contributed by atoms with E-state index in [1.54, 1.807) is 34.1 Å². The molecule has 4 aromatic rings. The van der Waals surface area contributed by atoms with Crippen molar-refractivity contribution in [3.05, 3.63) is 131 Å². The van der Waals surface area contributed by atoms with Crippen molar-refractivity contribution in [2.75, 3.05) is 62.2 Å². The fourth-order valence-corrected chi connectivity index (χ4v) is 11.5. The summed E-state index contributed by atoms with van der Waals surface area (Å²) in [7, 11) is 0. The summed E-state index contributed by atoms with van der Waals surface area (Å²) < 4.78 is 190. The second-order valence-electron chi connectivity index (χ2n) is 19.3. The number of benzene rings is 4. The third kappa shape index (κ3) is 13.3. The summed E-state index contributed by atoms with van der Waals surface area (Å²) in [6, 6.07) is 11.6. The van der Waals surface area contributed by atoms with E-state index >= 15 is 52.7 Å². The van der Waals surface area contributed by atoms with Crippen LogP contribution in [0.2, 0.25) is 0 Å². The Morgan fingerprint density at radius 3 is 1.14 bits per heavy atom. The van der Waals surface area contributed by atoms with Gasteiger partial charge in [0.15, 0.2) is 0 Å². The molecule has 0 spiro atoms. The molecule has 2 fully saturated rings. The summed E-state index contributed by atoms with van der Waals surface area (Å²) in [5, 5.41) is 19.2. The number of carbonyl (C=O) groups is 4. The lowest BCUT2D eigenvalue weighted by Gasteiger charge is -2.32. The number of carbonyl (C=O) groups excluding carboxylic acids is 2. The van der Waals surface area contributed by atoms with Crippen molar-refractivity contribution in [3.8, 4) is 22.3 Å². The highest BCUT2D eigenvalue weighted by atomic mass is 32.2. The molecule has 420 valence electrons. The Labute approximate surface area is 449 Å². The fourth-order valence-electron chi connectivity index (χ4n) is 10.3. The van der Waals surface area contributed by atoms with E-state index in [2.05, 4.69) is 0 Å². The van der Waals surface area contributed by atoms with Crippen LogP contribution in [0.15, 0.2) is 107 Å². The topological polar surface area (TPSA) is 122 Å². The Balaban J connectivity index is 1.40. The molecule has 0 atom stereocenters. The SMILES string of the molecule is O=C(O)C1CCN(c2cccc(-c3cc(Sc4cc(-c5cccc(N6CCC(C(=O)O)CC6)c5)c(/C=C/C(=O)N5CC=CCC5)c(C(F)(F)F)c4C(F)(F)F)c(C(F)(F)F)c(C(F)(F)F)c3/C=C/C(=O)N3CC=CCC3)c2)CC1. The molecule has 8 rings (SSSR count). The van der Waals surface area contributed by atoms with Gasteiger partial charge in [-0.3, -0.25) is 19.2 Å². The largest absolute Gasteiger partial charge is 0.481 e. The number of rotatable bonds is 12. The summed E-state index contributed by atoms with van der Waals surface area (Å²) in [5.74, 6) is -5.38. The maximum Gasteiger partial charge on any atom is 0.418 e. The maximum absolute atomic E-state index is 15.9. The predicted octanol–water partition coefficient (Wildman–Crippen LogP) is 13.5. The molecule has 4 heterocycles. The molecule has 79 heavy (non-hydrogen) atoms. The van der Waals surface area contributed by atoms with E-state index in [9.17, 15) is 29.4 Å². The van der Waals surface area contributed by atoms with Crippen LogP contribution >= 0.6 is 11.8 Å². The molecule has 4 aliphatic heterocycles. The number of hydrogen-bond donors (Lipinski definition) is 2. The van der Waals surface area contributed by atoms with Crippen LogP contribution in [0.1, 0.15) is 71.9 Å². The standard InChI is InChI=1S/C56H50F12N4O6S/c57-53(58,59)47-39(13-15-45(73)71-21-3-1-4-22-71)41(35-9-7-11-37(29-35)69-25-17-33(18-26-69)51(75)76)31-43(49(47)55(63,64)65)79-44-32-42(36-10-8-12-38(30-36)70-27-19-34(20-28-70)52(77)78)40(14-16-46(74)72-23-5-2-6-24-72)48(54(60,61)62)50(44)56(66,67)68/h1-3,5,7-16,29-34H,4,6,17-28H2,(H,75,76)(H,77,78)/b15-13+,16-14+. The summed E-state index contributed by atoms with van der Waals surface area (Å²) >= 11 is -0.631. The summed E-state index contributed by atoms with van der Waals surface area (Å²) in [6.07, 6.45) is -14.0. The van der Waals surface area contributed by atoms with Crippen LogP contribution in [-0.4, -0.2) is 96.1 Å². The first-order valence-corrected chi connectivity index (χ1v) is 25.8. The molecule has 23 heteroatoms. The molecule has 0 aromatic heterocycles. The molecule has 0 unspecified atom stereocenters. The van der Waals surface area contributed by atoms with Crippen molar-refractivity contribution in [1.82, 2.24) is 9.80 Å². The summed E-state index contributed by atoms with van der Waals surface area (Å²) in [4.78, 5) is 52.9. The number of hydrogen-bond acceptors (Lipinski definition) is 7. The first kappa shape index (κ1) is 58.0. The van der Waals surface area contributed by atoms with Crippen LogP contribution in [0.3, 0.4) is 0 Å². The molecular weight excluding hydrogens is 1080 g/mol. The highest BCUT2D eigenvalue weighted by Gasteiger charge is 2.50. The van der Waals surface area contributed by atoms with E-state index in [0.29, 0.717) is 49.3 Å². The average Bonchev–Trinajstić information content (AvgIpc) is 3.43. The smallest absolute Gasteiger partial charge is 0.418 e. The Morgan fingerprint density at radius 2 is 0.835 bits per heavy atom. The normalized spacial score (nSPS) is 17.4. The minimum atomic E-state index is -6.09. The number of anilines is 2. The Morgan fingerprint density at radius 1 is 0.481 bits per heavy atom. The van der Waals surface area contributed by atoms with Gasteiger partial charge in [0, 0.05) is 85.7 Å². The highest BCUT2D eigenvalue weighted by Crippen LogP contribution is 2.55. The van der Waals surface area contributed by atoms with Crippen LogP contribution < -0.4 is 9.80 Å². The number of piperidine rings is 2. The Bertz CT molecular complexity index is 2910. The average molecular weight is 1140 g/mol. The van der Waals surface area contributed by atoms with Crippen LogP contribution in [0, 0.1) is 11.8 Å². The van der Waals surface area contributed by atoms with E-state index in [4.69, 9.17) is 0 Å². The van der Waals surface area contributed by atoms with Crippen LogP contribution in [0.4, 0.5) is 64.1 Å².